The van der Waals surface area contributed by atoms with Gasteiger partial charge in [-0.25, -0.2) is 0 Å². The molecule has 174 valence electrons. The van der Waals surface area contributed by atoms with Crippen LogP contribution in [0.15, 0.2) is 48.5 Å². The van der Waals surface area contributed by atoms with Crippen molar-refractivity contribution in [2.75, 3.05) is 19.8 Å². The molecule has 3 N–H and O–H groups in total. The lowest BCUT2D eigenvalue weighted by Gasteiger charge is -2.21. The number of hydrogen-bond donors (Lipinski definition) is 3. The molecular weight excluding hydrogens is 420 g/mol. The molecule has 0 amide bonds. The van der Waals surface area contributed by atoms with Gasteiger partial charge in [0, 0.05) is 6.42 Å². The second-order valence-corrected chi connectivity index (χ2v) is 9.05. The number of Topliss-reactive ketones (excluding diaryl/α,β-unsaturated/α-hetero) is 1. The summed E-state index contributed by atoms with van der Waals surface area (Å²) in [7, 11) is 1.83. The third kappa shape index (κ3) is 8.08. The van der Waals surface area contributed by atoms with Gasteiger partial charge >= 0.3 is 0 Å². The molecule has 0 heterocycles. The zero-order valence-corrected chi connectivity index (χ0v) is 20.4. The molecule has 2 aromatic rings. The Morgan fingerprint density at radius 2 is 1.53 bits per heavy atom. The number of benzene rings is 2. The Morgan fingerprint density at radius 1 is 0.969 bits per heavy atom. The normalized spacial score (nSPS) is 14.0. The molecule has 0 aliphatic heterocycles. The van der Waals surface area contributed by atoms with Gasteiger partial charge in [0.2, 0.25) is 5.12 Å². The van der Waals surface area contributed by atoms with Crippen molar-refractivity contribution in [3.8, 4) is 5.75 Å². The number of nitrogens with one attached hydrogen (secondary N) is 2. The van der Waals surface area contributed by atoms with E-state index in [9.17, 15) is 14.7 Å². The number of phenolic OH excluding ortho intramolecular Hbond substituents is 1. The van der Waals surface area contributed by atoms with Crippen molar-refractivity contribution in [1.29, 1.82) is 0 Å². The Balaban J connectivity index is 1.91. The fourth-order valence-electron chi connectivity index (χ4n) is 3.95. The summed E-state index contributed by atoms with van der Waals surface area (Å²) in [5.74, 6) is 0.633. The SMILES string of the molecule is CCNC(Cc1ccc(O)cc1)C(=O)CCc1ccc(CC(C)C(NC)C(=O)SC)cc1. The van der Waals surface area contributed by atoms with Gasteiger partial charge in [-0.15, -0.1) is 0 Å². The molecule has 6 heteroatoms. The van der Waals surface area contributed by atoms with Crippen LogP contribution in [-0.4, -0.2) is 47.9 Å². The summed E-state index contributed by atoms with van der Waals surface area (Å²) in [5.41, 5.74) is 3.36. The lowest BCUT2D eigenvalue weighted by atomic mass is 9.93. The molecular formula is C26H36N2O3S. The van der Waals surface area contributed by atoms with Crippen molar-refractivity contribution < 1.29 is 14.7 Å². The topological polar surface area (TPSA) is 78.4 Å². The highest BCUT2D eigenvalue weighted by molar-refractivity contribution is 8.13. The number of carbonyl (C=O) groups excluding carboxylic acids is 2. The summed E-state index contributed by atoms with van der Waals surface area (Å²) in [5, 5.41) is 16.0. The summed E-state index contributed by atoms with van der Waals surface area (Å²) in [6, 6.07) is 15.0. The molecule has 0 saturated heterocycles. The molecule has 0 bridgehead atoms. The molecule has 3 atom stereocenters. The summed E-state index contributed by atoms with van der Waals surface area (Å²) in [6.45, 7) is 4.83. The van der Waals surface area contributed by atoms with Gasteiger partial charge in [0.1, 0.15) is 11.5 Å². The van der Waals surface area contributed by atoms with Crippen LogP contribution in [0.1, 0.15) is 37.0 Å². The van der Waals surface area contributed by atoms with Gasteiger partial charge in [0.15, 0.2) is 0 Å². The first-order valence-electron chi connectivity index (χ1n) is 11.2. The van der Waals surface area contributed by atoms with Gasteiger partial charge in [-0.2, -0.15) is 0 Å². The van der Waals surface area contributed by atoms with Gasteiger partial charge in [0.05, 0.1) is 12.1 Å². The van der Waals surface area contributed by atoms with Crippen LogP contribution >= 0.6 is 11.8 Å². The zero-order valence-electron chi connectivity index (χ0n) is 19.6. The Labute approximate surface area is 196 Å². The Kier molecular flexibility index (Phi) is 10.9. The third-order valence-corrected chi connectivity index (χ3v) is 6.45. The molecule has 0 saturated carbocycles. The van der Waals surface area contributed by atoms with Crippen molar-refractivity contribution in [2.24, 2.45) is 5.92 Å². The molecule has 0 aliphatic carbocycles. The monoisotopic (exact) mass is 456 g/mol. The zero-order chi connectivity index (χ0) is 23.5. The average Bonchev–Trinajstić information content (AvgIpc) is 2.79. The van der Waals surface area contributed by atoms with Crippen molar-refractivity contribution >= 4 is 22.7 Å². The Morgan fingerprint density at radius 3 is 2.09 bits per heavy atom. The minimum absolute atomic E-state index is 0.154. The van der Waals surface area contributed by atoms with Crippen molar-refractivity contribution in [3.05, 3.63) is 65.2 Å². The maximum Gasteiger partial charge on any atom is 0.205 e. The van der Waals surface area contributed by atoms with Gasteiger partial charge in [-0.3, -0.25) is 9.59 Å². The van der Waals surface area contributed by atoms with E-state index in [1.165, 1.54) is 17.3 Å². The van der Waals surface area contributed by atoms with Crippen LogP contribution in [0.3, 0.4) is 0 Å². The van der Waals surface area contributed by atoms with E-state index < -0.39 is 0 Å². The molecule has 0 radical (unpaired) electrons. The van der Waals surface area contributed by atoms with Crippen LogP contribution < -0.4 is 10.6 Å². The lowest BCUT2D eigenvalue weighted by molar-refractivity contribution is -0.121. The summed E-state index contributed by atoms with van der Waals surface area (Å²) in [6.07, 6.45) is 4.45. The average molecular weight is 457 g/mol. The van der Waals surface area contributed by atoms with Gasteiger partial charge < -0.3 is 15.7 Å². The second-order valence-electron chi connectivity index (χ2n) is 8.23. The third-order valence-electron chi connectivity index (χ3n) is 5.79. The van der Waals surface area contributed by atoms with Crippen LogP contribution in [0.25, 0.3) is 0 Å². The Bertz CT molecular complexity index is 852. The lowest BCUT2D eigenvalue weighted by Crippen LogP contribution is -2.39. The number of phenols is 1. The van der Waals surface area contributed by atoms with E-state index in [1.54, 1.807) is 12.1 Å². The van der Waals surface area contributed by atoms with Gasteiger partial charge in [0.25, 0.3) is 0 Å². The van der Waals surface area contributed by atoms with E-state index in [0.29, 0.717) is 19.3 Å². The molecule has 0 aliphatic rings. The first-order valence-corrected chi connectivity index (χ1v) is 12.5. The molecule has 5 nitrogen and oxygen atoms in total. The molecule has 32 heavy (non-hydrogen) atoms. The molecule has 3 unspecified atom stereocenters. The van der Waals surface area contributed by atoms with Gasteiger partial charge in [-0.1, -0.05) is 62.0 Å². The fraction of sp³-hybridized carbons (Fsp3) is 0.462. The standard InChI is InChI=1S/C26H36N2O3S/c1-5-28-23(17-21-10-13-22(29)14-11-21)24(30)15-12-19-6-8-20(9-7-19)16-18(2)25(27-3)26(31)32-4/h6-11,13-14,18,23,25,27-29H,5,12,15-17H2,1-4H3. The second kappa shape index (κ2) is 13.4. The van der Waals surface area contributed by atoms with E-state index in [2.05, 4.69) is 41.8 Å². The highest BCUT2D eigenvalue weighted by atomic mass is 32.2. The maximum atomic E-state index is 12.8. The first-order chi connectivity index (χ1) is 15.4. The number of thioether (sulfide) groups is 1. The largest absolute Gasteiger partial charge is 0.508 e. The molecule has 2 rings (SSSR count). The van der Waals surface area contributed by atoms with Crippen molar-refractivity contribution in [1.82, 2.24) is 10.6 Å². The minimum atomic E-state index is -0.225. The molecule has 0 fully saturated rings. The Hall–Kier alpha value is -2.15. The molecule has 0 spiro atoms. The number of carbonyl (C=O) groups is 2. The molecule has 0 aromatic heterocycles. The van der Waals surface area contributed by atoms with Crippen LogP contribution in [0, 0.1) is 5.92 Å². The summed E-state index contributed by atoms with van der Waals surface area (Å²) < 4.78 is 0. The fourth-order valence-corrected chi connectivity index (χ4v) is 4.55. The quantitative estimate of drug-likeness (QED) is 0.426. The maximum absolute atomic E-state index is 12.8. The van der Waals surface area contributed by atoms with E-state index >= 15 is 0 Å². The van der Waals surface area contributed by atoms with Crippen molar-refractivity contribution in [2.45, 2.75) is 51.6 Å². The van der Waals surface area contributed by atoms with E-state index in [1.807, 2.05) is 32.4 Å². The first kappa shape index (κ1) is 26.1. The van der Waals surface area contributed by atoms with E-state index in [4.69, 9.17) is 0 Å². The summed E-state index contributed by atoms with van der Waals surface area (Å²) in [4.78, 5) is 24.9. The predicted octanol–water partition coefficient (Wildman–Crippen LogP) is 3.77. The van der Waals surface area contributed by atoms with E-state index in [0.717, 1.165) is 24.1 Å². The van der Waals surface area contributed by atoms with Crippen LogP contribution in [-0.2, 0) is 28.9 Å². The number of hydrogen-bond acceptors (Lipinski definition) is 6. The highest BCUT2D eigenvalue weighted by Gasteiger charge is 2.23. The van der Waals surface area contributed by atoms with Crippen LogP contribution in [0.5, 0.6) is 5.75 Å². The smallest absolute Gasteiger partial charge is 0.205 e. The van der Waals surface area contributed by atoms with Crippen molar-refractivity contribution in [3.63, 3.8) is 0 Å². The predicted molar refractivity (Wildman–Crippen MR) is 133 cm³/mol. The number of rotatable bonds is 13. The number of likely N-dealkylation sites (N-methyl/N-ethyl adjacent to an activating group) is 2. The molecule has 2 aromatic carbocycles. The number of aromatic hydroxyl groups is 1. The summed E-state index contributed by atoms with van der Waals surface area (Å²) >= 11 is 1.27. The van der Waals surface area contributed by atoms with Crippen LogP contribution in [0.4, 0.5) is 0 Å². The minimum Gasteiger partial charge on any atom is -0.508 e. The van der Waals surface area contributed by atoms with E-state index in [-0.39, 0.29) is 34.6 Å². The highest BCUT2D eigenvalue weighted by Crippen LogP contribution is 2.18. The number of aryl methyl sites for hydroxylation is 1. The number of ketones is 1. The van der Waals surface area contributed by atoms with Crippen LogP contribution in [0.2, 0.25) is 0 Å². The van der Waals surface area contributed by atoms with Gasteiger partial charge in [-0.05, 0) is 73.9 Å².